The topological polar surface area (TPSA) is 80.8 Å². The van der Waals surface area contributed by atoms with Crippen LogP contribution in [0.3, 0.4) is 0 Å². The number of Topliss-reactive ketones (excluding diaryl/α,β-unsaturated/α-hetero) is 1. The van der Waals surface area contributed by atoms with Gasteiger partial charge in [-0.3, -0.25) is 19.3 Å². The molecule has 3 fully saturated rings. The van der Waals surface area contributed by atoms with Crippen LogP contribution in [0.1, 0.15) is 45.0 Å². The Bertz CT molecular complexity index is 1400. The van der Waals surface area contributed by atoms with Gasteiger partial charge in [-0.25, -0.2) is 4.79 Å². The SMILES string of the molecule is O=C(COC(=O)c1cccc(N2C(=O)[C@@H]3[C@@H]4C[C@@H]([C@@H]3C2=O)[C@@H](c2ccccc2)C4)c1)c1ccc(Br)cc1. The van der Waals surface area contributed by atoms with Gasteiger partial charge in [-0.05, 0) is 66.5 Å². The minimum absolute atomic E-state index is 0.150. The molecule has 7 heteroatoms. The zero-order valence-corrected chi connectivity index (χ0v) is 21.5. The Morgan fingerprint density at radius 3 is 2.32 bits per heavy atom. The molecule has 6 rings (SSSR count). The Morgan fingerprint density at radius 1 is 0.838 bits per heavy atom. The van der Waals surface area contributed by atoms with Gasteiger partial charge >= 0.3 is 5.97 Å². The highest BCUT2D eigenvalue weighted by Gasteiger charge is 2.64. The summed E-state index contributed by atoms with van der Waals surface area (Å²) in [7, 11) is 0. The molecule has 2 saturated carbocycles. The molecule has 0 aromatic heterocycles. The van der Waals surface area contributed by atoms with Gasteiger partial charge in [0.2, 0.25) is 11.8 Å². The van der Waals surface area contributed by atoms with Gasteiger partial charge in [0.25, 0.3) is 0 Å². The van der Waals surface area contributed by atoms with E-state index in [0.29, 0.717) is 11.3 Å². The summed E-state index contributed by atoms with van der Waals surface area (Å²) in [6, 6.07) is 23.4. The number of halogens is 1. The van der Waals surface area contributed by atoms with E-state index in [1.54, 1.807) is 42.5 Å². The number of anilines is 1. The second-order valence-electron chi connectivity index (χ2n) is 10.0. The third kappa shape index (κ3) is 4.11. The standard InChI is InChI=1S/C30H24BrNO5/c31-21-11-9-18(10-12-21)25(33)16-37-30(36)19-7-4-8-22(13-19)32-28(34)26-20-14-23(17-5-2-1-3-6-17)24(15-20)27(26)29(32)35/h1-13,20,23-24,26-27H,14-16H2/t20-,23+,24+,26+,27-/m0/s1. The fourth-order valence-corrected chi connectivity index (χ4v) is 6.77. The van der Waals surface area contributed by atoms with E-state index >= 15 is 0 Å². The molecule has 3 aromatic carbocycles. The summed E-state index contributed by atoms with van der Waals surface area (Å²) in [5, 5.41) is 0. The maximum atomic E-state index is 13.6. The highest BCUT2D eigenvalue weighted by Crippen LogP contribution is 2.61. The maximum absolute atomic E-state index is 13.6. The molecule has 0 N–H and O–H groups in total. The quantitative estimate of drug-likeness (QED) is 0.230. The van der Waals surface area contributed by atoms with Crippen molar-refractivity contribution >= 4 is 45.2 Å². The van der Waals surface area contributed by atoms with Crippen LogP contribution < -0.4 is 4.90 Å². The van der Waals surface area contributed by atoms with Gasteiger partial charge in [-0.1, -0.05) is 64.5 Å². The van der Waals surface area contributed by atoms with Crippen LogP contribution in [-0.4, -0.2) is 30.2 Å². The van der Waals surface area contributed by atoms with Crippen LogP contribution in [0.2, 0.25) is 0 Å². The second-order valence-corrected chi connectivity index (χ2v) is 10.9. The zero-order chi connectivity index (χ0) is 25.7. The molecule has 0 radical (unpaired) electrons. The predicted molar refractivity (Wildman–Crippen MR) is 140 cm³/mol. The molecule has 1 saturated heterocycles. The summed E-state index contributed by atoms with van der Waals surface area (Å²) in [6.07, 6.45) is 1.82. The lowest BCUT2D eigenvalue weighted by Gasteiger charge is -2.28. The molecule has 1 heterocycles. The van der Waals surface area contributed by atoms with Crippen LogP contribution in [0, 0.1) is 23.7 Å². The van der Waals surface area contributed by atoms with E-state index < -0.39 is 12.6 Å². The lowest BCUT2D eigenvalue weighted by Crippen LogP contribution is -2.33. The smallest absolute Gasteiger partial charge is 0.338 e. The molecule has 2 bridgehead atoms. The van der Waals surface area contributed by atoms with Gasteiger partial charge in [-0.15, -0.1) is 0 Å². The van der Waals surface area contributed by atoms with Crippen molar-refractivity contribution in [2.24, 2.45) is 23.7 Å². The van der Waals surface area contributed by atoms with E-state index in [-0.39, 0.29) is 52.8 Å². The third-order valence-electron chi connectivity index (χ3n) is 8.08. The number of ether oxygens (including phenoxy) is 1. The van der Waals surface area contributed by atoms with Crippen molar-refractivity contribution < 1.29 is 23.9 Å². The zero-order valence-electron chi connectivity index (χ0n) is 19.9. The number of hydrogen-bond donors (Lipinski definition) is 0. The summed E-state index contributed by atoms with van der Waals surface area (Å²) >= 11 is 3.32. The second kappa shape index (κ2) is 9.38. The Balaban J connectivity index is 1.18. The fourth-order valence-electron chi connectivity index (χ4n) is 6.50. The largest absolute Gasteiger partial charge is 0.454 e. The van der Waals surface area contributed by atoms with E-state index in [1.807, 2.05) is 18.2 Å². The Kier molecular flexibility index (Phi) is 6.03. The van der Waals surface area contributed by atoms with Gasteiger partial charge in [0.1, 0.15) is 0 Å². The highest BCUT2D eigenvalue weighted by atomic mass is 79.9. The molecule has 2 amide bonds. The third-order valence-corrected chi connectivity index (χ3v) is 8.61. The Labute approximate surface area is 222 Å². The summed E-state index contributed by atoms with van der Waals surface area (Å²) in [5.41, 5.74) is 2.22. The average molecular weight is 558 g/mol. The lowest BCUT2D eigenvalue weighted by molar-refractivity contribution is -0.123. The summed E-state index contributed by atoms with van der Waals surface area (Å²) < 4.78 is 6.08. The van der Waals surface area contributed by atoms with Gasteiger partial charge in [0.15, 0.2) is 12.4 Å². The number of benzene rings is 3. The molecule has 3 aromatic rings. The molecule has 0 spiro atoms. The number of rotatable bonds is 6. The van der Waals surface area contributed by atoms with Crippen molar-refractivity contribution in [3.63, 3.8) is 0 Å². The molecular formula is C30H24BrNO5. The normalized spacial score (nSPS) is 25.9. The van der Waals surface area contributed by atoms with Crippen LogP contribution in [0.4, 0.5) is 5.69 Å². The van der Waals surface area contributed by atoms with E-state index in [9.17, 15) is 19.2 Å². The molecule has 186 valence electrons. The molecule has 37 heavy (non-hydrogen) atoms. The first-order chi connectivity index (χ1) is 17.9. The van der Waals surface area contributed by atoms with Gasteiger partial charge in [-0.2, -0.15) is 0 Å². The number of nitrogens with zero attached hydrogens (tertiary/aromatic N) is 1. The average Bonchev–Trinajstić information content (AvgIpc) is 3.59. The van der Waals surface area contributed by atoms with Crippen LogP contribution in [0.5, 0.6) is 0 Å². The Morgan fingerprint density at radius 2 is 1.57 bits per heavy atom. The van der Waals surface area contributed by atoms with Crippen LogP contribution in [0.15, 0.2) is 83.3 Å². The molecular weight excluding hydrogens is 534 g/mol. The van der Waals surface area contributed by atoms with Gasteiger partial charge in [0, 0.05) is 10.0 Å². The summed E-state index contributed by atoms with van der Waals surface area (Å²) in [5.74, 6) is -1.35. The molecule has 1 aliphatic heterocycles. The number of ketones is 1. The summed E-state index contributed by atoms with van der Waals surface area (Å²) in [4.78, 5) is 53.4. The first-order valence-electron chi connectivity index (χ1n) is 12.4. The van der Waals surface area contributed by atoms with Crippen molar-refractivity contribution in [1.29, 1.82) is 0 Å². The van der Waals surface area contributed by atoms with Crippen LogP contribution in [0.25, 0.3) is 0 Å². The van der Waals surface area contributed by atoms with Crippen LogP contribution >= 0.6 is 15.9 Å². The van der Waals surface area contributed by atoms with E-state index in [1.165, 1.54) is 16.5 Å². The van der Waals surface area contributed by atoms with Crippen molar-refractivity contribution in [3.05, 3.63) is 100 Å². The maximum Gasteiger partial charge on any atom is 0.338 e. The lowest BCUT2D eigenvalue weighted by atomic mass is 9.73. The molecule has 5 atom stereocenters. The van der Waals surface area contributed by atoms with Crippen molar-refractivity contribution in [2.45, 2.75) is 18.8 Å². The van der Waals surface area contributed by atoms with Crippen molar-refractivity contribution in [3.8, 4) is 0 Å². The number of amides is 2. The first kappa shape index (κ1) is 23.8. The first-order valence-corrected chi connectivity index (χ1v) is 13.2. The number of fused-ring (bicyclic) bond motifs is 5. The molecule has 6 nitrogen and oxygen atoms in total. The molecule has 3 aliphatic rings. The predicted octanol–water partition coefficient (Wildman–Crippen LogP) is 5.42. The van der Waals surface area contributed by atoms with E-state index in [0.717, 1.165) is 17.3 Å². The van der Waals surface area contributed by atoms with E-state index in [2.05, 4.69) is 28.1 Å². The Hall–Kier alpha value is -3.58. The van der Waals surface area contributed by atoms with Gasteiger partial charge in [0.05, 0.1) is 23.1 Å². The molecule has 2 aliphatic carbocycles. The van der Waals surface area contributed by atoms with Crippen molar-refractivity contribution in [1.82, 2.24) is 0 Å². The van der Waals surface area contributed by atoms with Gasteiger partial charge < -0.3 is 4.74 Å². The number of hydrogen-bond acceptors (Lipinski definition) is 5. The number of carbonyl (C=O) groups is 4. The van der Waals surface area contributed by atoms with Crippen molar-refractivity contribution in [2.75, 3.05) is 11.5 Å². The summed E-state index contributed by atoms with van der Waals surface area (Å²) in [6.45, 7) is -0.402. The minimum Gasteiger partial charge on any atom is -0.454 e. The molecule has 0 unspecified atom stereocenters. The fraction of sp³-hybridized carbons (Fsp3) is 0.267. The minimum atomic E-state index is -0.684. The highest BCUT2D eigenvalue weighted by molar-refractivity contribution is 9.10. The number of carbonyl (C=O) groups excluding carboxylic acids is 4. The monoisotopic (exact) mass is 557 g/mol. The number of esters is 1. The van der Waals surface area contributed by atoms with Crippen LogP contribution in [-0.2, 0) is 14.3 Å². The number of imide groups is 1. The van der Waals surface area contributed by atoms with E-state index in [4.69, 9.17) is 4.74 Å².